The van der Waals surface area contributed by atoms with E-state index < -0.39 is 17.8 Å². The highest BCUT2D eigenvalue weighted by molar-refractivity contribution is 5.93. The zero-order valence-corrected chi connectivity index (χ0v) is 16.1. The summed E-state index contributed by atoms with van der Waals surface area (Å²) in [5, 5.41) is 5.21. The lowest BCUT2D eigenvalue weighted by Gasteiger charge is -2.31. The summed E-state index contributed by atoms with van der Waals surface area (Å²) in [4.78, 5) is 14.1. The van der Waals surface area contributed by atoms with Crippen LogP contribution in [0.25, 0.3) is 0 Å². The van der Waals surface area contributed by atoms with Crippen LogP contribution >= 0.6 is 0 Å². The van der Waals surface area contributed by atoms with Crippen molar-refractivity contribution < 1.29 is 27.4 Å². The van der Waals surface area contributed by atoms with Gasteiger partial charge >= 0.3 is 12.2 Å². The first-order valence-electron chi connectivity index (χ1n) is 9.58. The zero-order valence-electron chi connectivity index (χ0n) is 16.1. The molecule has 0 aromatic heterocycles. The maximum atomic E-state index is 13.1. The number of hydrogen-bond donors (Lipinski definition) is 2. The van der Waals surface area contributed by atoms with Gasteiger partial charge in [-0.25, -0.2) is 4.79 Å². The Balaban J connectivity index is 1.95. The number of unbranched alkanes of at least 4 members (excludes halogenated alkanes) is 1. The van der Waals surface area contributed by atoms with E-state index in [2.05, 4.69) is 17.6 Å². The normalized spacial score (nSPS) is 14.8. The number of nitrogens with one attached hydrogen (secondary N) is 2. The number of hydrogen-bond acceptors (Lipinski definition) is 4. The van der Waals surface area contributed by atoms with E-state index in [4.69, 9.17) is 9.47 Å². The van der Waals surface area contributed by atoms with Crippen molar-refractivity contribution in [2.45, 2.75) is 32.4 Å². The number of halogens is 3. The van der Waals surface area contributed by atoms with Gasteiger partial charge in [0.2, 0.25) is 0 Å². The maximum absolute atomic E-state index is 13.1. The summed E-state index contributed by atoms with van der Waals surface area (Å²) in [6.45, 7) is 5.76. The lowest BCUT2D eigenvalue weighted by molar-refractivity contribution is -0.137. The number of rotatable bonds is 9. The first kappa shape index (κ1) is 22.3. The summed E-state index contributed by atoms with van der Waals surface area (Å²) in [5.74, 6) is 0. The van der Waals surface area contributed by atoms with Crippen molar-refractivity contribution in [3.05, 3.63) is 23.8 Å². The molecular weight excluding hydrogens is 375 g/mol. The smallest absolute Gasteiger partial charge is 0.381 e. The summed E-state index contributed by atoms with van der Waals surface area (Å²) >= 11 is 0. The van der Waals surface area contributed by atoms with Gasteiger partial charge in [0.1, 0.15) is 0 Å². The van der Waals surface area contributed by atoms with Gasteiger partial charge < -0.3 is 25.0 Å². The number of carbonyl (C=O) groups excluding carboxylic acids is 1. The molecule has 1 fully saturated rings. The number of amides is 2. The van der Waals surface area contributed by atoms with Crippen molar-refractivity contribution in [1.29, 1.82) is 0 Å². The van der Waals surface area contributed by atoms with Gasteiger partial charge in [0, 0.05) is 32.8 Å². The average molecular weight is 403 g/mol. The van der Waals surface area contributed by atoms with Crippen molar-refractivity contribution in [3.8, 4) is 0 Å². The standard InChI is InChI=1S/C19H28F3N3O3/c1-2-3-10-27-11-4-7-23-18(26)24-16-14-15(19(20,21)22)5-6-17(16)25-8-12-28-13-9-25/h5-6,14H,2-4,7-13H2,1H3,(H2,23,24,26). The Morgan fingerprint density at radius 3 is 2.61 bits per heavy atom. The van der Waals surface area contributed by atoms with Gasteiger partial charge in [-0.15, -0.1) is 0 Å². The predicted molar refractivity (Wildman–Crippen MR) is 102 cm³/mol. The Hall–Kier alpha value is -2.00. The Kier molecular flexibility index (Phi) is 8.85. The molecule has 0 atom stereocenters. The van der Waals surface area contributed by atoms with Crippen molar-refractivity contribution >= 4 is 17.4 Å². The molecule has 2 amide bonds. The highest BCUT2D eigenvalue weighted by Crippen LogP contribution is 2.35. The quantitative estimate of drug-likeness (QED) is 0.615. The number of ether oxygens (including phenoxy) is 2. The Labute approximate surface area is 163 Å². The minimum Gasteiger partial charge on any atom is -0.381 e. The Morgan fingerprint density at radius 1 is 1.21 bits per heavy atom. The number of morpholine rings is 1. The van der Waals surface area contributed by atoms with Gasteiger partial charge in [0.05, 0.1) is 30.2 Å². The highest BCUT2D eigenvalue weighted by Gasteiger charge is 2.31. The van der Waals surface area contributed by atoms with Crippen molar-refractivity contribution in [2.75, 3.05) is 56.3 Å². The lowest BCUT2D eigenvalue weighted by Crippen LogP contribution is -2.37. The second-order valence-corrected chi connectivity index (χ2v) is 6.53. The average Bonchev–Trinajstić information content (AvgIpc) is 2.67. The SMILES string of the molecule is CCCCOCCCNC(=O)Nc1cc(C(F)(F)F)ccc1N1CCOCC1. The number of alkyl halides is 3. The summed E-state index contributed by atoms with van der Waals surface area (Å²) in [6, 6.07) is 2.85. The van der Waals surface area contributed by atoms with Crippen LogP contribution in [0.4, 0.5) is 29.3 Å². The molecule has 6 nitrogen and oxygen atoms in total. The molecule has 1 aliphatic heterocycles. The molecule has 2 N–H and O–H groups in total. The number of carbonyl (C=O) groups is 1. The molecule has 158 valence electrons. The predicted octanol–water partition coefficient (Wildman–Crippen LogP) is 3.87. The molecule has 1 aliphatic rings. The molecule has 1 heterocycles. The number of urea groups is 1. The van der Waals surface area contributed by atoms with Gasteiger partial charge in [-0.2, -0.15) is 13.2 Å². The molecular formula is C19H28F3N3O3. The van der Waals surface area contributed by atoms with Crippen molar-refractivity contribution in [3.63, 3.8) is 0 Å². The second-order valence-electron chi connectivity index (χ2n) is 6.53. The van der Waals surface area contributed by atoms with Crippen LogP contribution in [0.1, 0.15) is 31.7 Å². The molecule has 9 heteroatoms. The van der Waals surface area contributed by atoms with Gasteiger partial charge in [-0.1, -0.05) is 13.3 Å². The zero-order chi connectivity index (χ0) is 20.4. The molecule has 2 rings (SSSR count). The topological polar surface area (TPSA) is 62.8 Å². The van der Waals surface area contributed by atoms with Crippen LogP contribution in [0.2, 0.25) is 0 Å². The van der Waals surface area contributed by atoms with E-state index in [1.54, 1.807) is 0 Å². The van der Waals surface area contributed by atoms with Crippen molar-refractivity contribution in [2.24, 2.45) is 0 Å². The molecule has 28 heavy (non-hydrogen) atoms. The number of anilines is 2. The first-order valence-corrected chi connectivity index (χ1v) is 9.58. The largest absolute Gasteiger partial charge is 0.416 e. The van der Waals surface area contributed by atoms with E-state index in [-0.39, 0.29) is 5.69 Å². The van der Waals surface area contributed by atoms with Crippen LogP contribution < -0.4 is 15.5 Å². The first-order chi connectivity index (χ1) is 13.4. The van der Waals surface area contributed by atoms with E-state index in [9.17, 15) is 18.0 Å². The molecule has 0 spiro atoms. The van der Waals surface area contributed by atoms with E-state index in [1.165, 1.54) is 6.07 Å². The molecule has 0 unspecified atom stereocenters. The highest BCUT2D eigenvalue weighted by atomic mass is 19.4. The molecule has 0 saturated carbocycles. The fraction of sp³-hybridized carbons (Fsp3) is 0.632. The summed E-state index contributed by atoms with van der Waals surface area (Å²) in [7, 11) is 0. The van der Waals surface area contributed by atoms with E-state index in [0.717, 1.165) is 25.0 Å². The Morgan fingerprint density at radius 2 is 1.93 bits per heavy atom. The van der Waals surface area contributed by atoms with Gasteiger partial charge in [0.15, 0.2) is 0 Å². The minimum atomic E-state index is -4.48. The minimum absolute atomic E-state index is 0.133. The summed E-state index contributed by atoms with van der Waals surface area (Å²) in [5.41, 5.74) is -0.119. The fourth-order valence-corrected chi connectivity index (χ4v) is 2.78. The summed E-state index contributed by atoms with van der Waals surface area (Å²) < 4.78 is 49.9. The van der Waals surface area contributed by atoms with Gasteiger partial charge in [-0.05, 0) is 31.0 Å². The maximum Gasteiger partial charge on any atom is 0.416 e. The van der Waals surface area contributed by atoms with Crippen LogP contribution in [0.15, 0.2) is 18.2 Å². The summed E-state index contributed by atoms with van der Waals surface area (Å²) in [6.07, 6.45) is -1.79. The molecule has 0 bridgehead atoms. The monoisotopic (exact) mass is 403 g/mol. The van der Waals surface area contributed by atoms with E-state index in [1.807, 2.05) is 4.90 Å². The third kappa shape index (κ3) is 7.20. The van der Waals surface area contributed by atoms with Gasteiger partial charge in [0.25, 0.3) is 0 Å². The Bertz CT molecular complexity index is 620. The number of nitrogens with zero attached hydrogens (tertiary/aromatic N) is 1. The van der Waals surface area contributed by atoms with Crippen LogP contribution in [-0.4, -0.2) is 52.1 Å². The van der Waals surface area contributed by atoms with E-state index >= 15 is 0 Å². The second kappa shape index (κ2) is 11.1. The third-order valence-electron chi connectivity index (χ3n) is 4.32. The molecule has 1 aromatic carbocycles. The van der Waals surface area contributed by atoms with Gasteiger partial charge in [-0.3, -0.25) is 0 Å². The molecule has 0 radical (unpaired) electrons. The van der Waals surface area contributed by atoms with Crippen LogP contribution in [0.5, 0.6) is 0 Å². The number of benzene rings is 1. The van der Waals surface area contributed by atoms with Crippen LogP contribution in [0, 0.1) is 0 Å². The molecule has 1 aromatic rings. The van der Waals surface area contributed by atoms with Crippen LogP contribution in [0.3, 0.4) is 0 Å². The fourth-order valence-electron chi connectivity index (χ4n) is 2.78. The van der Waals surface area contributed by atoms with E-state index in [0.29, 0.717) is 58.2 Å². The third-order valence-corrected chi connectivity index (χ3v) is 4.32. The molecule has 1 saturated heterocycles. The van der Waals surface area contributed by atoms with Crippen molar-refractivity contribution in [1.82, 2.24) is 5.32 Å². The molecule has 0 aliphatic carbocycles. The lowest BCUT2D eigenvalue weighted by atomic mass is 10.1. The van der Waals surface area contributed by atoms with Crippen LogP contribution in [-0.2, 0) is 15.7 Å².